The second-order valence-electron chi connectivity index (χ2n) is 8.95. The maximum absolute atomic E-state index is 12.4. The molecular formula is C25H39N3O3. The predicted octanol–water partition coefficient (Wildman–Crippen LogP) is 3.82. The molecule has 0 aromatic heterocycles. The van der Waals surface area contributed by atoms with E-state index >= 15 is 0 Å². The molecule has 1 amide bonds. The van der Waals surface area contributed by atoms with Crippen molar-refractivity contribution in [1.29, 1.82) is 0 Å². The second-order valence-corrected chi connectivity index (χ2v) is 8.95. The number of rotatable bonds is 6. The number of carbonyl (C=O) groups is 1. The van der Waals surface area contributed by atoms with E-state index in [0.29, 0.717) is 23.8 Å². The number of methoxy groups -OCH3 is 1. The monoisotopic (exact) mass is 429 g/mol. The van der Waals surface area contributed by atoms with Gasteiger partial charge in [0.25, 0.3) is 0 Å². The quantitative estimate of drug-likeness (QED) is 0.673. The maximum Gasteiger partial charge on any atom is 0.225 e. The highest BCUT2D eigenvalue weighted by atomic mass is 16.5. The molecular weight excluding hydrogens is 390 g/mol. The van der Waals surface area contributed by atoms with Gasteiger partial charge in [-0.2, -0.15) is 5.06 Å². The SMILES string of the molecule is C=CCNC1CCN(O)CC1.COc1ccc(C2CCN(C(=O)C3CCCC3)C2)cc1. The van der Waals surface area contributed by atoms with Crippen molar-refractivity contribution in [2.75, 3.05) is 39.8 Å². The van der Waals surface area contributed by atoms with Gasteiger partial charge < -0.3 is 20.2 Å². The molecule has 1 aromatic carbocycles. The van der Waals surface area contributed by atoms with E-state index in [9.17, 15) is 4.79 Å². The fraction of sp³-hybridized carbons (Fsp3) is 0.640. The van der Waals surface area contributed by atoms with Gasteiger partial charge in [0.05, 0.1) is 7.11 Å². The number of carbonyl (C=O) groups excluding carboxylic acids is 1. The molecule has 3 aliphatic rings. The summed E-state index contributed by atoms with van der Waals surface area (Å²) in [5, 5.41) is 13.8. The lowest BCUT2D eigenvalue weighted by atomic mass is 9.98. The van der Waals surface area contributed by atoms with E-state index in [2.05, 4.69) is 28.9 Å². The van der Waals surface area contributed by atoms with Crippen molar-refractivity contribution < 1.29 is 14.7 Å². The number of nitrogens with zero attached hydrogens (tertiary/aromatic N) is 2. The van der Waals surface area contributed by atoms with Crippen LogP contribution in [0.25, 0.3) is 0 Å². The molecule has 6 heteroatoms. The predicted molar refractivity (Wildman–Crippen MR) is 123 cm³/mol. The summed E-state index contributed by atoms with van der Waals surface area (Å²) in [5.74, 6) is 2.10. The summed E-state index contributed by atoms with van der Waals surface area (Å²) in [6.07, 6.45) is 9.67. The zero-order valence-corrected chi connectivity index (χ0v) is 19.0. The third-order valence-electron chi connectivity index (χ3n) is 6.81. The summed E-state index contributed by atoms with van der Waals surface area (Å²) in [5.41, 5.74) is 1.33. The Kier molecular flexibility index (Phi) is 9.37. The number of hydroxylamine groups is 2. The maximum atomic E-state index is 12.4. The highest BCUT2D eigenvalue weighted by Crippen LogP contribution is 2.32. The topological polar surface area (TPSA) is 65.0 Å². The van der Waals surface area contributed by atoms with Gasteiger partial charge in [0.15, 0.2) is 0 Å². The molecule has 0 radical (unpaired) electrons. The van der Waals surface area contributed by atoms with E-state index in [4.69, 9.17) is 9.94 Å². The minimum absolute atomic E-state index is 0.310. The number of benzene rings is 1. The Hall–Kier alpha value is -1.89. The molecule has 2 heterocycles. The first kappa shape index (κ1) is 23.8. The van der Waals surface area contributed by atoms with Gasteiger partial charge in [-0.15, -0.1) is 6.58 Å². The Bertz CT molecular complexity index is 680. The summed E-state index contributed by atoms with van der Waals surface area (Å²) in [6, 6.07) is 8.85. The molecule has 1 aliphatic carbocycles. The summed E-state index contributed by atoms with van der Waals surface area (Å²) in [7, 11) is 1.69. The number of piperidine rings is 1. The number of likely N-dealkylation sites (tertiary alicyclic amines) is 1. The summed E-state index contributed by atoms with van der Waals surface area (Å²) in [4.78, 5) is 14.5. The molecule has 172 valence electrons. The highest BCUT2D eigenvalue weighted by Gasteiger charge is 2.32. The molecule has 6 nitrogen and oxygen atoms in total. The smallest absolute Gasteiger partial charge is 0.225 e. The van der Waals surface area contributed by atoms with Crippen molar-refractivity contribution in [1.82, 2.24) is 15.3 Å². The standard InChI is InChI=1S/C17H23NO2.C8H16N2O/c1-20-16-8-6-13(7-9-16)15-10-11-18(12-15)17(19)14-4-2-3-5-14;1-2-5-9-8-3-6-10(11)7-4-8/h6-9,14-15H,2-5,10-12H2,1H3;2,8-9,11H,1,3-7H2. The van der Waals surface area contributed by atoms with E-state index in [1.807, 2.05) is 18.2 Å². The number of nitrogens with one attached hydrogen (secondary N) is 1. The lowest BCUT2D eigenvalue weighted by Crippen LogP contribution is -2.41. The molecule has 31 heavy (non-hydrogen) atoms. The molecule has 1 saturated carbocycles. The van der Waals surface area contributed by atoms with E-state index in [1.54, 1.807) is 7.11 Å². The van der Waals surface area contributed by atoms with Crippen LogP contribution in [0.15, 0.2) is 36.9 Å². The Labute approximate surface area is 187 Å². The van der Waals surface area contributed by atoms with E-state index in [-0.39, 0.29) is 0 Å². The third-order valence-corrected chi connectivity index (χ3v) is 6.81. The van der Waals surface area contributed by atoms with Crippen molar-refractivity contribution in [3.8, 4) is 5.75 Å². The van der Waals surface area contributed by atoms with Crippen LogP contribution in [0.3, 0.4) is 0 Å². The van der Waals surface area contributed by atoms with E-state index in [0.717, 1.165) is 70.6 Å². The first-order valence-electron chi connectivity index (χ1n) is 11.8. The number of hydrogen-bond donors (Lipinski definition) is 2. The average molecular weight is 430 g/mol. The second kappa shape index (κ2) is 12.2. The van der Waals surface area contributed by atoms with Gasteiger partial charge in [0, 0.05) is 50.6 Å². The molecule has 2 aliphatic heterocycles. The Morgan fingerprint density at radius 1 is 1.13 bits per heavy atom. The zero-order valence-electron chi connectivity index (χ0n) is 19.0. The van der Waals surface area contributed by atoms with Gasteiger partial charge in [-0.3, -0.25) is 4.79 Å². The van der Waals surface area contributed by atoms with Crippen LogP contribution in [0, 0.1) is 5.92 Å². The molecule has 1 atom stereocenters. The minimum Gasteiger partial charge on any atom is -0.497 e. The van der Waals surface area contributed by atoms with Crippen molar-refractivity contribution in [2.45, 2.75) is 56.9 Å². The number of hydrogen-bond acceptors (Lipinski definition) is 5. The largest absolute Gasteiger partial charge is 0.497 e. The first-order valence-corrected chi connectivity index (χ1v) is 11.8. The Balaban J connectivity index is 0.000000210. The molecule has 3 fully saturated rings. The average Bonchev–Trinajstić information content (AvgIpc) is 3.51. The summed E-state index contributed by atoms with van der Waals surface area (Å²) < 4.78 is 5.19. The van der Waals surface area contributed by atoms with Crippen LogP contribution >= 0.6 is 0 Å². The van der Waals surface area contributed by atoms with Crippen molar-refractivity contribution in [2.24, 2.45) is 5.92 Å². The summed E-state index contributed by atoms with van der Waals surface area (Å²) in [6.45, 7) is 7.90. The van der Waals surface area contributed by atoms with Crippen LogP contribution in [0.1, 0.15) is 56.4 Å². The molecule has 0 spiro atoms. The van der Waals surface area contributed by atoms with Crippen LogP contribution in [0.4, 0.5) is 0 Å². The minimum atomic E-state index is 0.310. The van der Waals surface area contributed by atoms with Gasteiger partial charge in [-0.05, 0) is 49.8 Å². The number of ether oxygens (including phenoxy) is 1. The fourth-order valence-electron chi connectivity index (χ4n) is 4.86. The fourth-order valence-corrected chi connectivity index (χ4v) is 4.86. The van der Waals surface area contributed by atoms with Crippen molar-refractivity contribution in [3.63, 3.8) is 0 Å². The normalized spacial score (nSPS) is 22.8. The molecule has 1 unspecified atom stereocenters. The molecule has 2 saturated heterocycles. The van der Waals surface area contributed by atoms with Crippen LogP contribution in [-0.4, -0.2) is 67.0 Å². The van der Waals surface area contributed by atoms with Gasteiger partial charge in [0.2, 0.25) is 5.91 Å². The van der Waals surface area contributed by atoms with Crippen molar-refractivity contribution >= 4 is 5.91 Å². The van der Waals surface area contributed by atoms with E-state index in [1.165, 1.54) is 23.5 Å². The van der Waals surface area contributed by atoms with Gasteiger partial charge in [-0.1, -0.05) is 31.1 Å². The lowest BCUT2D eigenvalue weighted by molar-refractivity contribution is -0.134. The number of amides is 1. The summed E-state index contributed by atoms with van der Waals surface area (Å²) >= 11 is 0. The Morgan fingerprint density at radius 3 is 2.42 bits per heavy atom. The van der Waals surface area contributed by atoms with E-state index < -0.39 is 0 Å². The van der Waals surface area contributed by atoms with Gasteiger partial charge in [-0.25, -0.2) is 0 Å². The highest BCUT2D eigenvalue weighted by molar-refractivity contribution is 5.79. The van der Waals surface area contributed by atoms with Crippen LogP contribution < -0.4 is 10.1 Å². The molecule has 1 aromatic rings. The van der Waals surface area contributed by atoms with Crippen LogP contribution in [-0.2, 0) is 4.79 Å². The third kappa shape index (κ3) is 7.06. The van der Waals surface area contributed by atoms with Gasteiger partial charge in [0.1, 0.15) is 5.75 Å². The lowest BCUT2D eigenvalue weighted by Gasteiger charge is -2.27. The zero-order chi connectivity index (χ0) is 22.1. The molecule has 0 bridgehead atoms. The molecule has 4 rings (SSSR count). The van der Waals surface area contributed by atoms with Crippen LogP contribution in [0.2, 0.25) is 0 Å². The first-order chi connectivity index (χ1) is 15.1. The van der Waals surface area contributed by atoms with Crippen molar-refractivity contribution in [3.05, 3.63) is 42.5 Å². The molecule has 2 N–H and O–H groups in total. The van der Waals surface area contributed by atoms with Crippen LogP contribution in [0.5, 0.6) is 5.75 Å². The van der Waals surface area contributed by atoms with Gasteiger partial charge >= 0.3 is 0 Å². The Morgan fingerprint density at radius 2 is 1.81 bits per heavy atom.